The molecule has 16 heavy (non-hydrogen) atoms. The quantitative estimate of drug-likeness (QED) is 0.850. The van der Waals surface area contributed by atoms with Gasteiger partial charge in [-0.3, -0.25) is 0 Å². The van der Waals surface area contributed by atoms with Crippen molar-refractivity contribution < 1.29 is 9.47 Å². The van der Waals surface area contributed by atoms with Gasteiger partial charge in [0.05, 0.1) is 13.2 Å². The maximum atomic E-state index is 5.51. The molecule has 0 aromatic carbocycles. The van der Waals surface area contributed by atoms with Crippen LogP contribution in [0, 0.1) is 0 Å². The smallest absolute Gasteiger partial charge is 0.214 e. The third-order valence-corrected chi connectivity index (χ3v) is 2.80. The molecule has 1 aliphatic heterocycles. The van der Waals surface area contributed by atoms with Gasteiger partial charge in [0.2, 0.25) is 5.88 Å². The molecule has 0 amide bonds. The third kappa shape index (κ3) is 2.85. The lowest BCUT2D eigenvalue weighted by Crippen LogP contribution is -2.32. The van der Waals surface area contributed by atoms with Crippen molar-refractivity contribution in [1.29, 1.82) is 0 Å². The fraction of sp³-hybridized carbons (Fsp3) is 0.583. The van der Waals surface area contributed by atoms with Gasteiger partial charge >= 0.3 is 0 Å². The van der Waals surface area contributed by atoms with Gasteiger partial charge in [0.15, 0.2) is 0 Å². The molecule has 1 N–H and O–H groups in total. The molecule has 0 radical (unpaired) electrons. The lowest BCUT2D eigenvalue weighted by molar-refractivity contribution is 0.0232. The lowest BCUT2D eigenvalue weighted by atomic mass is 10.0. The van der Waals surface area contributed by atoms with Crippen molar-refractivity contribution in [1.82, 2.24) is 4.98 Å². The Morgan fingerprint density at radius 3 is 3.19 bits per heavy atom. The lowest BCUT2D eigenvalue weighted by Gasteiger charge is -2.28. The second kappa shape index (κ2) is 5.16. The van der Waals surface area contributed by atoms with Crippen LogP contribution in [0.3, 0.4) is 0 Å². The zero-order chi connectivity index (χ0) is 11.4. The minimum Gasteiger partial charge on any atom is -0.481 e. The molecule has 2 heterocycles. The highest BCUT2D eigenvalue weighted by molar-refractivity contribution is 5.45. The molecule has 1 aromatic rings. The summed E-state index contributed by atoms with van der Waals surface area (Å²) in [6.07, 6.45) is 4.19. The van der Waals surface area contributed by atoms with Gasteiger partial charge in [-0.25, -0.2) is 4.98 Å². The minimum atomic E-state index is 0.343. The van der Waals surface area contributed by atoms with Gasteiger partial charge in [0.25, 0.3) is 0 Å². The highest BCUT2D eigenvalue weighted by Crippen LogP contribution is 2.20. The summed E-state index contributed by atoms with van der Waals surface area (Å²) in [5, 5.41) is 3.49. The Labute approximate surface area is 96.0 Å². The molecule has 0 aliphatic carbocycles. The van der Waals surface area contributed by atoms with Crippen molar-refractivity contribution in [2.45, 2.75) is 31.9 Å². The number of nitrogens with one attached hydrogen (secondary N) is 1. The summed E-state index contributed by atoms with van der Waals surface area (Å²) in [6.45, 7) is 2.95. The van der Waals surface area contributed by atoms with E-state index in [2.05, 4.69) is 17.2 Å². The Morgan fingerprint density at radius 1 is 1.56 bits per heavy atom. The number of rotatable bonds is 3. The fourth-order valence-corrected chi connectivity index (χ4v) is 1.98. The molecule has 1 aliphatic rings. The number of nitrogens with zero attached hydrogens (tertiary/aromatic N) is 1. The SMILES string of the molecule is COc1cc(NC2CCOC(C)C2)ccn1. The van der Waals surface area contributed by atoms with E-state index < -0.39 is 0 Å². The summed E-state index contributed by atoms with van der Waals surface area (Å²) in [4.78, 5) is 4.08. The van der Waals surface area contributed by atoms with Crippen LogP contribution in [-0.2, 0) is 4.74 Å². The highest BCUT2D eigenvalue weighted by atomic mass is 16.5. The molecule has 88 valence electrons. The topological polar surface area (TPSA) is 43.4 Å². The monoisotopic (exact) mass is 222 g/mol. The zero-order valence-corrected chi connectivity index (χ0v) is 9.77. The van der Waals surface area contributed by atoms with Crippen molar-refractivity contribution in [3.63, 3.8) is 0 Å². The third-order valence-electron chi connectivity index (χ3n) is 2.80. The first-order chi connectivity index (χ1) is 7.78. The molecule has 0 saturated carbocycles. The van der Waals surface area contributed by atoms with Crippen LogP contribution >= 0.6 is 0 Å². The number of anilines is 1. The number of pyridine rings is 1. The largest absolute Gasteiger partial charge is 0.481 e. The van der Waals surface area contributed by atoms with Crippen LogP contribution in [-0.4, -0.2) is 30.8 Å². The number of ether oxygens (including phenoxy) is 2. The number of methoxy groups -OCH3 is 1. The summed E-state index contributed by atoms with van der Waals surface area (Å²) >= 11 is 0. The molecule has 1 saturated heterocycles. The average molecular weight is 222 g/mol. The maximum absolute atomic E-state index is 5.51. The maximum Gasteiger partial charge on any atom is 0.214 e. The van der Waals surface area contributed by atoms with E-state index in [0.717, 1.165) is 25.1 Å². The highest BCUT2D eigenvalue weighted by Gasteiger charge is 2.18. The Balaban J connectivity index is 1.97. The Bertz CT molecular complexity index is 344. The van der Waals surface area contributed by atoms with Gasteiger partial charge < -0.3 is 14.8 Å². The van der Waals surface area contributed by atoms with Crippen LogP contribution in [0.1, 0.15) is 19.8 Å². The molecular weight excluding hydrogens is 204 g/mol. The Hall–Kier alpha value is -1.29. The predicted octanol–water partition coefficient (Wildman–Crippen LogP) is 2.07. The molecule has 2 unspecified atom stereocenters. The van der Waals surface area contributed by atoms with Crippen LogP contribution in [0.5, 0.6) is 5.88 Å². The van der Waals surface area contributed by atoms with E-state index >= 15 is 0 Å². The molecule has 1 fully saturated rings. The van der Waals surface area contributed by atoms with Gasteiger partial charge in [-0.2, -0.15) is 0 Å². The van der Waals surface area contributed by atoms with Crippen molar-refractivity contribution >= 4 is 5.69 Å². The summed E-state index contributed by atoms with van der Waals surface area (Å²) < 4.78 is 10.6. The standard InChI is InChI=1S/C12H18N2O2/c1-9-7-11(4-6-16-9)14-10-3-5-13-12(8-10)15-2/h3,5,8-9,11H,4,6-7H2,1-2H3,(H,13,14). The number of aromatic nitrogens is 1. The van der Waals surface area contributed by atoms with E-state index in [0.29, 0.717) is 18.0 Å². The molecule has 2 atom stereocenters. The van der Waals surface area contributed by atoms with Crippen LogP contribution < -0.4 is 10.1 Å². The minimum absolute atomic E-state index is 0.343. The van der Waals surface area contributed by atoms with E-state index in [1.807, 2.05) is 12.1 Å². The predicted molar refractivity (Wildman–Crippen MR) is 62.8 cm³/mol. The van der Waals surface area contributed by atoms with E-state index in [9.17, 15) is 0 Å². The number of hydrogen-bond acceptors (Lipinski definition) is 4. The first kappa shape index (κ1) is 11.2. The van der Waals surface area contributed by atoms with Crippen LogP contribution in [0.25, 0.3) is 0 Å². The molecule has 0 spiro atoms. The van der Waals surface area contributed by atoms with E-state index in [-0.39, 0.29) is 0 Å². The first-order valence-electron chi connectivity index (χ1n) is 5.66. The molecule has 2 rings (SSSR count). The van der Waals surface area contributed by atoms with E-state index in [1.165, 1.54) is 0 Å². The van der Waals surface area contributed by atoms with Gasteiger partial charge in [0.1, 0.15) is 0 Å². The van der Waals surface area contributed by atoms with Gasteiger partial charge in [-0.15, -0.1) is 0 Å². The Kier molecular flexibility index (Phi) is 3.62. The second-order valence-corrected chi connectivity index (χ2v) is 4.13. The van der Waals surface area contributed by atoms with Crippen molar-refractivity contribution in [2.75, 3.05) is 19.0 Å². The van der Waals surface area contributed by atoms with E-state index in [1.54, 1.807) is 13.3 Å². The summed E-state index contributed by atoms with van der Waals surface area (Å²) in [5.74, 6) is 0.644. The number of hydrogen-bond donors (Lipinski definition) is 1. The second-order valence-electron chi connectivity index (χ2n) is 4.13. The normalized spacial score (nSPS) is 25.1. The van der Waals surface area contributed by atoms with Crippen LogP contribution in [0.15, 0.2) is 18.3 Å². The fourth-order valence-electron chi connectivity index (χ4n) is 1.98. The molecule has 1 aromatic heterocycles. The zero-order valence-electron chi connectivity index (χ0n) is 9.77. The first-order valence-corrected chi connectivity index (χ1v) is 5.66. The van der Waals surface area contributed by atoms with Crippen molar-refractivity contribution in [3.05, 3.63) is 18.3 Å². The average Bonchev–Trinajstić information content (AvgIpc) is 2.29. The van der Waals surface area contributed by atoms with Crippen LogP contribution in [0.2, 0.25) is 0 Å². The van der Waals surface area contributed by atoms with Gasteiger partial charge in [0, 0.05) is 30.6 Å². The summed E-state index contributed by atoms with van der Waals surface area (Å²) in [5.41, 5.74) is 1.06. The van der Waals surface area contributed by atoms with Crippen molar-refractivity contribution in [2.24, 2.45) is 0 Å². The van der Waals surface area contributed by atoms with Gasteiger partial charge in [-0.05, 0) is 25.8 Å². The van der Waals surface area contributed by atoms with Crippen molar-refractivity contribution in [3.8, 4) is 5.88 Å². The van der Waals surface area contributed by atoms with E-state index in [4.69, 9.17) is 9.47 Å². The molecule has 4 nitrogen and oxygen atoms in total. The molecule has 4 heteroatoms. The molecular formula is C12H18N2O2. The van der Waals surface area contributed by atoms with Gasteiger partial charge in [-0.1, -0.05) is 0 Å². The van der Waals surface area contributed by atoms with Crippen LogP contribution in [0.4, 0.5) is 5.69 Å². The summed E-state index contributed by atoms with van der Waals surface area (Å²) in [7, 11) is 1.63. The molecule has 0 bridgehead atoms. The Morgan fingerprint density at radius 2 is 2.44 bits per heavy atom. The summed E-state index contributed by atoms with van der Waals surface area (Å²) in [6, 6.07) is 4.36.